The molecule has 1 spiro atoms. The summed E-state index contributed by atoms with van der Waals surface area (Å²) in [6, 6.07) is 0. The summed E-state index contributed by atoms with van der Waals surface area (Å²) in [7, 11) is 0. The van der Waals surface area contributed by atoms with Crippen molar-refractivity contribution in [3.8, 4) is 0 Å². The normalized spacial score (nSPS) is 24.4. The van der Waals surface area contributed by atoms with Crippen LogP contribution in [0.2, 0.25) is 0 Å². The van der Waals surface area contributed by atoms with E-state index in [9.17, 15) is 9.59 Å². The van der Waals surface area contributed by atoms with E-state index < -0.39 is 0 Å². The summed E-state index contributed by atoms with van der Waals surface area (Å²) in [5.74, 6) is 1.38. The van der Waals surface area contributed by atoms with Gasteiger partial charge in [0.1, 0.15) is 5.76 Å². The first-order valence-corrected chi connectivity index (χ1v) is 9.37. The smallest absolute Gasteiger partial charge is 0.276 e. The summed E-state index contributed by atoms with van der Waals surface area (Å²) >= 11 is 0. The van der Waals surface area contributed by atoms with Gasteiger partial charge < -0.3 is 14.2 Å². The topological polar surface area (TPSA) is 66.7 Å². The van der Waals surface area contributed by atoms with Crippen LogP contribution in [0.5, 0.6) is 0 Å². The van der Waals surface area contributed by atoms with Gasteiger partial charge in [0.2, 0.25) is 5.91 Å². The molecule has 1 atom stereocenters. The quantitative estimate of drug-likeness (QED) is 0.840. The highest BCUT2D eigenvalue weighted by atomic mass is 16.3. The maximum atomic E-state index is 12.8. The Morgan fingerprint density at radius 3 is 2.84 bits per heavy atom. The number of carbonyl (C=O) groups is 2. The zero-order chi connectivity index (χ0) is 18.0. The molecule has 6 nitrogen and oxygen atoms in total. The highest BCUT2D eigenvalue weighted by molar-refractivity contribution is 5.93. The second-order valence-electron chi connectivity index (χ2n) is 8.09. The number of aromatic nitrogens is 1. The Morgan fingerprint density at radius 2 is 2.16 bits per heavy atom. The maximum Gasteiger partial charge on any atom is 0.276 e. The van der Waals surface area contributed by atoms with E-state index in [0.717, 1.165) is 45.3 Å². The van der Waals surface area contributed by atoms with Crippen LogP contribution in [0.1, 0.15) is 62.2 Å². The van der Waals surface area contributed by atoms with Crippen molar-refractivity contribution in [1.82, 2.24) is 14.8 Å². The van der Waals surface area contributed by atoms with E-state index in [-0.39, 0.29) is 17.2 Å². The third-order valence-electron chi connectivity index (χ3n) is 5.62. The molecular formula is C19H29N3O3. The lowest BCUT2D eigenvalue weighted by atomic mass is 9.73. The molecule has 3 rings (SSSR count). The molecule has 0 aromatic carbocycles. The number of amides is 2. The van der Waals surface area contributed by atoms with Crippen molar-refractivity contribution in [3.63, 3.8) is 0 Å². The average molecular weight is 347 g/mol. The van der Waals surface area contributed by atoms with Crippen molar-refractivity contribution in [2.75, 3.05) is 26.2 Å². The molecule has 2 aliphatic rings. The van der Waals surface area contributed by atoms with Crippen molar-refractivity contribution in [2.24, 2.45) is 11.3 Å². The molecule has 2 saturated heterocycles. The van der Waals surface area contributed by atoms with Gasteiger partial charge in [-0.15, -0.1) is 0 Å². The fourth-order valence-corrected chi connectivity index (χ4v) is 4.09. The van der Waals surface area contributed by atoms with Crippen LogP contribution in [0.15, 0.2) is 10.8 Å². The van der Waals surface area contributed by atoms with Crippen molar-refractivity contribution in [2.45, 2.75) is 52.9 Å². The van der Waals surface area contributed by atoms with Gasteiger partial charge in [-0.25, -0.2) is 4.98 Å². The Morgan fingerprint density at radius 1 is 1.36 bits per heavy atom. The number of rotatable bonds is 4. The summed E-state index contributed by atoms with van der Waals surface area (Å²) in [5.41, 5.74) is 0.455. The summed E-state index contributed by atoms with van der Waals surface area (Å²) in [5, 5.41) is 0. The van der Waals surface area contributed by atoms with E-state index in [4.69, 9.17) is 4.42 Å². The van der Waals surface area contributed by atoms with E-state index >= 15 is 0 Å². The molecule has 0 bridgehead atoms. The Kier molecular flexibility index (Phi) is 5.16. The standard InChI is InChI=1S/C19H29N3O3/c1-14(2)6-10-21-11-19(8-5-16(21)23)7-4-9-22(12-19)18(24)17-15(3)25-13-20-17/h13-14H,4-12H2,1-3H3/t19-/m1/s1. The lowest BCUT2D eigenvalue weighted by Gasteiger charge is -2.48. The van der Waals surface area contributed by atoms with Gasteiger partial charge in [-0.3, -0.25) is 9.59 Å². The minimum absolute atomic E-state index is 0.0381. The van der Waals surface area contributed by atoms with Gasteiger partial charge in [0.25, 0.3) is 5.91 Å². The number of piperidine rings is 2. The van der Waals surface area contributed by atoms with Crippen LogP contribution in [0.3, 0.4) is 0 Å². The Labute approximate surface area is 149 Å². The summed E-state index contributed by atoms with van der Waals surface area (Å²) in [4.78, 5) is 33.1. The number of nitrogens with zero attached hydrogens (tertiary/aromatic N) is 3. The van der Waals surface area contributed by atoms with Crippen LogP contribution >= 0.6 is 0 Å². The molecule has 0 aliphatic carbocycles. The fourth-order valence-electron chi connectivity index (χ4n) is 4.09. The minimum Gasteiger partial charge on any atom is -0.448 e. The van der Waals surface area contributed by atoms with Gasteiger partial charge in [-0.1, -0.05) is 13.8 Å². The van der Waals surface area contributed by atoms with E-state index in [1.807, 2.05) is 9.80 Å². The highest BCUT2D eigenvalue weighted by Gasteiger charge is 2.43. The number of likely N-dealkylation sites (tertiary alicyclic amines) is 2. The number of hydrogen-bond acceptors (Lipinski definition) is 4. The second kappa shape index (κ2) is 7.18. The minimum atomic E-state index is -0.0454. The molecule has 2 fully saturated rings. The van der Waals surface area contributed by atoms with Gasteiger partial charge in [-0.2, -0.15) is 0 Å². The molecule has 0 N–H and O–H groups in total. The van der Waals surface area contributed by atoms with Crippen LogP contribution in [-0.2, 0) is 4.79 Å². The van der Waals surface area contributed by atoms with E-state index in [0.29, 0.717) is 30.3 Å². The van der Waals surface area contributed by atoms with Gasteiger partial charge in [0, 0.05) is 38.0 Å². The lowest BCUT2D eigenvalue weighted by Crippen LogP contribution is -2.55. The van der Waals surface area contributed by atoms with Gasteiger partial charge in [0.15, 0.2) is 12.1 Å². The van der Waals surface area contributed by atoms with Crippen LogP contribution in [0, 0.1) is 18.3 Å². The van der Waals surface area contributed by atoms with Gasteiger partial charge in [-0.05, 0) is 38.5 Å². The van der Waals surface area contributed by atoms with Crippen LogP contribution in [-0.4, -0.2) is 52.8 Å². The predicted molar refractivity (Wildman–Crippen MR) is 94.1 cm³/mol. The first kappa shape index (κ1) is 18.0. The SMILES string of the molecule is Cc1ocnc1C(=O)N1CCC[C@]2(CCC(=O)N(CCC(C)C)C2)C1. The van der Waals surface area contributed by atoms with Crippen molar-refractivity contribution in [3.05, 3.63) is 17.8 Å². The Hall–Kier alpha value is -1.85. The summed E-state index contributed by atoms with van der Waals surface area (Å²) in [6.45, 7) is 9.22. The molecule has 6 heteroatoms. The monoisotopic (exact) mass is 347 g/mol. The summed E-state index contributed by atoms with van der Waals surface area (Å²) < 4.78 is 5.19. The second-order valence-corrected chi connectivity index (χ2v) is 8.09. The molecule has 0 radical (unpaired) electrons. The van der Waals surface area contributed by atoms with E-state index in [1.165, 1.54) is 6.39 Å². The molecule has 2 amide bonds. The van der Waals surface area contributed by atoms with Gasteiger partial charge in [0.05, 0.1) is 0 Å². The van der Waals surface area contributed by atoms with E-state index in [2.05, 4.69) is 18.8 Å². The highest BCUT2D eigenvalue weighted by Crippen LogP contribution is 2.39. The molecular weight excluding hydrogens is 318 g/mol. The zero-order valence-electron chi connectivity index (χ0n) is 15.6. The number of carbonyl (C=O) groups excluding carboxylic acids is 2. The summed E-state index contributed by atoms with van der Waals surface area (Å²) in [6.07, 6.45) is 5.90. The van der Waals surface area contributed by atoms with Crippen molar-refractivity contribution in [1.29, 1.82) is 0 Å². The van der Waals surface area contributed by atoms with Crippen molar-refractivity contribution >= 4 is 11.8 Å². The molecule has 3 heterocycles. The van der Waals surface area contributed by atoms with Crippen LogP contribution < -0.4 is 0 Å². The molecule has 0 unspecified atom stereocenters. The Bertz CT molecular complexity index is 640. The molecule has 0 saturated carbocycles. The average Bonchev–Trinajstić information content (AvgIpc) is 3.01. The maximum absolute atomic E-state index is 12.8. The number of hydrogen-bond donors (Lipinski definition) is 0. The molecule has 2 aliphatic heterocycles. The first-order valence-electron chi connectivity index (χ1n) is 9.37. The van der Waals surface area contributed by atoms with E-state index in [1.54, 1.807) is 6.92 Å². The molecule has 1 aromatic rings. The predicted octanol–water partition coefficient (Wildman–Crippen LogP) is 2.87. The zero-order valence-corrected chi connectivity index (χ0v) is 15.6. The molecule has 138 valence electrons. The third-order valence-corrected chi connectivity index (χ3v) is 5.62. The van der Waals surface area contributed by atoms with Crippen LogP contribution in [0.25, 0.3) is 0 Å². The van der Waals surface area contributed by atoms with Crippen molar-refractivity contribution < 1.29 is 14.0 Å². The first-order chi connectivity index (χ1) is 11.9. The fraction of sp³-hybridized carbons (Fsp3) is 0.737. The third kappa shape index (κ3) is 3.88. The number of oxazole rings is 1. The van der Waals surface area contributed by atoms with Gasteiger partial charge >= 0.3 is 0 Å². The number of aryl methyl sites for hydroxylation is 1. The molecule has 1 aromatic heterocycles. The lowest BCUT2D eigenvalue weighted by molar-refractivity contribution is -0.139. The Balaban J connectivity index is 1.70. The largest absolute Gasteiger partial charge is 0.448 e. The van der Waals surface area contributed by atoms with Crippen LogP contribution in [0.4, 0.5) is 0 Å². The molecule has 25 heavy (non-hydrogen) atoms.